The fourth-order valence-corrected chi connectivity index (χ4v) is 4.65. The van der Waals surface area contributed by atoms with Gasteiger partial charge in [-0.05, 0) is 55.6 Å². The van der Waals surface area contributed by atoms with Gasteiger partial charge < -0.3 is 29.4 Å². The fraction of sp³-hybridized carbons (Fsp3) is 0.364. The van der Waals surface area contributed by atoms with E-state index >= 15 is 0 Å². The molecule has 224 valence electrons. The lowest BCUT2D eigenvalue weighted by molar-refractivity contribution is 0.0784. The first-order valence-corrected chi connectivity index (χ1v) is 14.7. The molecular weight excluding hydrogens is 526 g/mol. The molecule has 1 aliphatic rings. The van der Waals surface area contributed by atoms with Crippen LogP contribution < -0.4 is 10.2 Å². The van der Waals surface area contributed by atoms with Gasteiger partial charge in [0, 0.05) is 49.6 Å². The number of phenolic OH excluding ortho intramolecular Hbond substituents is 1. The minimum absolute atomic E-state index is 0.0357. The largest absolute Gasteiger partial charge is 0.508 e. The highest BCUT2D eigenvalue weighted by Gasteiger charge is 2.35. The van der Waals surface area contributed by atoms with Crippen LogP contribution in [0.5, 0.6) is 5.75 Å². The van der Waals surface area contributed by atoms with Crippen molar-refractivity contribution in [2.75, 3.05) is 37.0 Å². The molecule has 0 radical (unpaired) electrons. The summed E-state index contributed by atoms with van der Waals surface area (Å²) in [4.78, 5) is 25.5. The molecule has 0 fully saturated rings. The minimum Gasteiger partial charge on any atom is -0.508 e. The van der Waals surface area contributed by atoms with E-state index in [-0.39, 0.29) is 11.7 Å². The van der Waals surface area contributed by atoms with Crippen LogP contribution in [0.15, 0.2) is 72.2 Å². The molecule has 2 aromatic carbocycles. The molecule has 0 atom stereocenters. The van der Waals surface area contributed by atoms with Crippen LogP contribution in [0.4, 0.5) is 17.2 Å². The average molecular weight is 572 g/mol. The molecule has 2 aromatic heterocycles. The van der Waals surface area contributed by atoms with Crippen molar-refractivity contribution in [2.24, 2.45) is 4.99 Å². The maximum absolute atomic E-state index is 13.5. The molecule has 4 aromatic rings. The van der Waals surface area contributed by atoms with Gasteiger partial charge in [-0.3, -0.25) is 9.79 Å². The number of hydrogen-bond acceptors (Lipinski definition) is 6. The van der Waals surface area contributed by atoms with Crippen molar-refractivity contribution < 1.29 is 9.90 Å². The molecule has 0 saturated heterocycles. The number of imidazole rings is 1. The summed E-state index contributed by atoms with van der Waals surface area (Å²) in [6.45, 7) is 16.3. The highest BCUT2D eigenvalue weighted by Crippen LogP contribution is 2.40. The standard InChI is InChI=1S/C27H29N7O2.C4H10.C2H6/c1-19-25-24(27(36)31(3)18-33(25)14-12-28-2)26(30-21-6-10-23(35)11-7-21)34(19)16-20-4-8-22(9-5-20)32-15-13-29-17-32;1-3-4-2;1-2/h4-11,13,15,17,30,35H,2,12,14,16,18H2,1,3H3;3-4H2,1-2H3;1-2H3. The number of nitrogens with zero attached hydrogens (tertiary/aromatic N) is 6. The fourth-order valence-electron chi connectivity index (χ4n) is 4.65. The van der Waals surface area contributed by atoms with Gasteiger partial charge in [0.1, 0.15) is 17.1 Å². The van der Waals surface area contributed by atoms with Crippen molar-refractivity contribution in [1.82, 2.24) is 19.0 Å². The molecule has 0 saturated carbocycles. The second kappa shape index (κ2) is 15.5. The van der Waals surface area contributed by atoms with E-state index in [0.717, 1.165) is 34.1 Å². The van der Waals surface area contributed by atoms with E-state index in [1.54, 1.807) is 41.7 Å². The van der Waals surface area contributed by atoms with Crippen LogP contribution in [0.1, 0.15) is 62.2 Å². The van der Waals surface area contributed by atoms with E-state index in [0.29, 0.717) is 31.9 Å². The van der Waals surface area contributed by atoms with Crippen LogP contribution >= 0.6 is 0 Å². The Morgan fingerprint density at radius 3 is 2.29 bits per heavy atom. The van der Waals surface area contributed by atoms with Crippen LogP contribution in [-0.4, -0.2) is 63.6 Å². The summed E-state index contributed by atoms with van der Waals surface area (Å²) in [6, 6.07) is 15.1. The lowest BCUT2D eigenvalue weighted by atomic mass is 10.1. The summed E-state index contributed by atoms with van der Waals surface area (Å²) in [6.07, 6.45) is 8.08. The lowest BCUT2D eigenvalue weighted by Crippen LogP contribution is -2.45. The number of aliphatic imine (C=N–C) groups is 1. The topological polar surface area (TPSA) is 90.9 Å². The van der Waals surface area contributed by atoms with Crippen molar-refractivity contribution in [2.45, 2.75) is 54.0 Å². The minimum atomic E-state index is -0.0357. The average Bonchev–Trinajstić information content (AvgIpc) is 3.65. The number of aromatic hydroxyl groups is 1. The summed E-state index contributed by atoms with van der Waals surface area (Å²) in [5, 5.41) is 13.2. The number of unbranched alkanes of at least 4 members (excludes halogenated alkanes) is 1. The molecule has 9 nitrogen and oxygen atoms in total. The third-order valence-corrected chi connectivity index (χ3v) is 6.99. The molecule has 3 heterocycles. The van der Waals surface area contributed by atoms with Gasteiger partial charge in [0.25, 0.3) is 5.91 Å². The van der Waals surface area contributed by atoms with E-state index in [2.05, 4.69) is 69.6 Å². The second-order valence-electron chi connectivity index (χ2n) is 9.91. The predicted molar refractivity (Wildman–Crippen MR) is 174 cm³/mol. The molecule has 0 aliphatic carbocycles. The van der Waals surface area contributed by atoms with Crippen molar-refractivity contribution in [3.63, 3.8) is 0 Å². The number of phenols is 1. The first-order valence-electron chi connectivity index (χ1n) is 14.7. The van der Waals surface area contributed by atoms with Crippen LogP contribution in [0.3, 0.4) is 0 Å². The summed E-state index contributed by atoms with van der Waals surface area (Å²) in [7, 11) is 1.81. The van der Waals surface area contributed by atoms with E-state index in [9.17, 15) is 9.90 Å². The Kier molecular flexibility index (Phi) is 11.8. The molecular formula is C33H45N7O2. The van der Waals surface area contributed by atoms with Crippen molar-refractivity contribution in [3.8, 4) is 11.4 Å². The Labute approximate surface area is 250 Å². The van der Waals surface area contributed by atoms with E-state index in [1.807, 2.05) is 38.6 Å². The summed E-state index contributed by atoms with van der Waals surface area (Å²) >= 11 is 0. The Morgan fingerprint density at radius 2 is 1.71 bits per heavy atom. The van der Waals surface area contributed by atoms with Crippen LogP contribution in [0.25, 0.3) is 5.69 Å². The number of carbonyl (C=O) groups is 1. The van der Waals surface area contributed by atoms with Gasteiger partial charge >= 0.3 is 0 Å². The third-order valence-electron chi connectivity index (χ3n) is 6.99. The quantitative estimate of drug-likeness (QED) is 0.169. The SMILES string of the molecule is C=NCCN1CN(C)C(=O)c2c1c(C)n(Cc1ccc(-n3ccnc3)cc1)c2Nc1ccc(O)cc1.CC.CCCC. The van der Waals surface area contributed by atoms with Gasteiger partial charge in [-0.15, -0.1) is 0 Å². The molecule has 5 rings (SSSR count). The zero-order chi connectivity index (χ0) is 30.6. The molecule has 1 amide bonds. The molecule has 42 heavy (non-hydrogen) atoms. The number of nitrogens with one attached hydrogen (secondary N) is 1. The van der Waals surface area contributed by atoms with Gasteiger partial charge in [-0.2, -0.15) is 0 Å². The molecule has 9 heteroatoms. The Balaban J connectivity index is 0.000000745. The predicted octanol–water partition coefficient (Wildman–Crippen LogP) is 6.86. The first kappa shape index (κ1) is 32.0. The molecule has 2 N–H and O–H groups in total. The Bertz CT molecular complexity index is 1410. The van der Waals surface area contributed by atoms with Gasteiger partial charge in [0.05, 0.1) is 25.2 Å². The first-order chi connectivity index (χ1) is 20.4. The summed E-state index contributed by atoms with van der Waals surface area (Å²) < 4.78 is 4.11. The number of aromatic nitrogens is 3. The molecule has 0 bridgehead atoms. The van der Waals surface area contributed by atoms with Gasteiger partial charge in [0.2, 0.25) is 0 Å². The van der Waals surface area contributed by atoms with Gasteiger partial charge in [-0.1, -0.05) is 52.7 Å². The number of amides is 1. The van der Waals surface area contributed by atoms with Gasteiger partial charge in [0.15, 0.2) is 0 Å². The Morgan fingerprint density at radius 1 is 1.05 bits per heavy atom. The highest BCUT2D eigenvalue weighted by atomic mass is 16.3. The zero-order valence-electron chi connectivity index (χ0n) is 25.8. The van der Waals surface area contributed by atoms with E-state index < -0.39 is 0 Å². The maximum Gasteiger partial charge on any atom is 0.260 e. The zero-order valence-corrected chi connectivity index (χ0v) is 25.8. The number of hydrogen-bond donors (Lipinski definition) is 2. The summed E-state index contributed by atoms with van der Waals surface area (Å²) in [5.74, 6) is 0.873. The van der Waals surface area contributed by atoms with Crippen LogP contribution in [-0.2, 0) is 6.54 Å². The van der Waals surface area contributed by atoms with E-state index in [1.165, 1.54) is 12.8 Å². The monoisotopic (exact) mass is 571 g/mol. The maximum atomic E-state index is 13.5. The van der Waals surface area contributed by atoms with Gasteiger partial charge in [-0.25, -0.2) is 4.98 Å². The number of anilines is 3. The lowest BCUT2D eigenvalue weighted by Gasteiger charge is -2.35. The molecule has 1 aliphatic heterocycles. The molecule has 0 unspecified atom stereocenters. The molecule has 0 spiro atoms. The van der Waals surface area contributed by atoms with Crippen molar-refractivity contribution in [1.29, 1.82) is 0 Å². The second-order valence-corrected chi connectivity index (χ2v) is 9.91. The smallest absolute Gasteiger partial charge is 0.260 e. The summed E-state index contributed by atoms with van der Waals surface area (Å²) in [5.41, 5.74) is 5.46. The highest BCUT2D eigenvalue weighted by molar-refractivity contribution is 6.07. The normalized spacial score (nSPS) is 12.1. The van der Waals surface area contributed by atoms with Crippen LogP contribution in [0, 0.1) is 6.92 Å². The Hall–Kier alpha value is -4.53. The van der Waals surface area contributed by atoms with Crippen molar-refractivity contribution in [3.05, 3.63) is 84.1 Å². The number of carbonyl (C=O) groups excluding carboxylic acids is 1. The van der Waals surface area contributed by atoms with E-state index in [4.69, 9.17) is 0 Å². The number of rotatable bonds is 9. The van der Waals surface area contributed by atoms with Crippen molar-refractivity contribution >= 4 is 29.8 Å². The third kappa shape index (κ3) is 7.40. The number of fused-ring (bicyclic) bond motifs is 1. The van der Waals surface area contributed by atoms with Crippen LogP contribution in [0.2, 0.25) is 0 Å². The number of benzene rings is 2.